The van der Waals surface area contributed by atoms with Crippen LogP contribution in [0.1, 0.15) is 30.4 Å². The van der Waals surface area contributed by atoms with Gasteiger partial charge in [0.2, 0.25) is 0 Å². The summed E-state index contributed by atoms with van der Waals surface area (Å²) >= 11 is 0. The van der Waals surface area contributed by atoms with E-state index >= 15 is 0 Å². The average molecular weight is 328 g/mol. The molecule has 1 atom stereocenters. The van der Waals surface area contributed by atoms with Gasteiger partial charge >= 0.3 is 18.1 Å². The molecule has 1 N–H and O–H groups in total. The van der Waals surface area contributed by atoms with Crippen LogP contribution in [-0.2, 0) is 20.5 Å². The van der Waals surface area contributed by atoms with E-state index in [2.05, 4.69) is 0 Å². The van der Waals surface area contributed by atoms with Crippen LogP contribution in [0.25, 0.3) is 6.08 Å². The first-order chi connectivity index (χ1) is 10.8. The highest BCUT2D eigenvalue weighted by atomic mass is 19.4. The summed E-state index contributed by atoms with van der Waals surface area (Å²) in [6.45, 7) is 0.205. The number of carbonyl (C=O) groups excluding carboxylic acids is 1. The smallest absolute Gasteiger partial charge is 0.416 e. The molecular weight excluding hydrogens is 313 g/mol. The summed E-state index contributed by atoms with van der Waals surface area (Å²) in [6, 6.07) is 4.46. The molecule has 0 aromatic heterocycles. The minimum atomic E-state index is -4.40. The number of hydrogen-bond donors (Lipinski definition) is 1. The van der Waals surface area contributed by atoms with Crippen molar-refractivity contribution >= 4 is 18.0 Å². The maximum atomic E-state index is 12.5. The van der Waals surface area contributed by atoms with Crippen molar-refractivity contribution < 1.29 is 32.6 Å². The molecule has 0 spiro atoms. The van der Waals surface area contributed by atoms with Gasteiger partial charge in [-0.05, 0) is 37.0 Å². The molecule has 7 heteroatoms. The largest absolute Gasteiger partial charge is 0.480 e. The summed E-state index contributed by atoms with van der Waals surface area (Å²) in [5, 5.41) is 9.32. The number of cyclic esters (lactones) is 1. The third-order valence-electron chi connectivity index (χ3n) is 3.80. The van der Waals surface area contributed by atoms with Crippen molar-refractivity contribution in [2.45, 2.75) is 25.4 Å². The fraction of sp³-hybridized carbons (Fsp3) is 0.375. The molecule has 4 nitrogen and oxygen atoms in total. The predicted octanol–water partition coefficient (Wildman–Crippen LogP) is 3.52. The summed E-state index contributed by atoms with van der Waals surface area (Å²) in [6.07, 6.45) is -0.857. The summed E-state index contributed by atoms with van der Waals surface area (Å²) in [5.41, 5.74) is -1.88. The van der Waals surface area contributed by atoms with Crippen LogP contribution in [0.4, 0.5) is 13.2 Å². The fourth-order valence-electron chi connectivity index (χ4n) is 2.43. The molecule has 0 bridgehead atoms. The number of allylic oxidation sites excluding steroid dienone is 1. The molecule has 1 saturated heterocycles. The molecule has 124 valence electrons. The molecule has 1 aliphatic rings. The van der Waals surface area contributed by atoms with Gasteiger partial charge in [0.05, 0.1) is 12.2 Å². The summed E-state index contributed by atoms with van der Waals surface area (Å²) < 4.78 is 42.2. The maximum Gasteiger partial charge on any atom is 0.416 e. The van der Waals surface area contributed by atoms with E-state index in [0.717, 1.165) is 12.1 Å². The number of benzene rings is 1. The first-order valence-corrected chi connectivity index (χ1v) is 7.00. The molecule has 0 aliphatic carbocycles. The minimum Gasteiger partial charge on any atom is -0.480 e. The normalized spacial score (nSPS) is 22.1. The van der Waals surface area contributed by atoms with E-state index in [0.29, 0.717) is 12.0 Å². The van der Waals surface area contributed by atoms with Gasteiger partial charge in [0.25, 0.3) is 0 Å². The van der Waals surface area contributed by atoms with Gasteiger partial charge in [-0.3, -0.25) is 9.59 Å². The van der Waals surface area contributed by atoms with Gasteiger partial charge in [-0.2, -0.15) is 13.2 Å². The zero-order valence-electron chi connectivity index (χ0n) is 12.1. The Labute approximate surface area is 130 Å². The second-order valence-corrected chi connectivity index (χ2v) is 5.35. The Morgan fingerprint density at radius 3 is 2.48 bits per heavy atom. The lowest BCUT2D eigenvalue weighted by Gasteiger charge is -2.29. The van der Waals surface area contributed by atoms with Crippen molar-refractivity contribution in [2.75, 3.05) is 6.61 Å². The van der Waals surface area contributed by atoms with Crippen molar-refractivity contribution in [3.63, 3.8) is 0 Å². The lowest BCUT2D eigenvalue weighted by Crippen LogP contribution is -2.43. The first kappa shape index (κ1) is 17.1. The van der Waals surface area contributed by atoms with E-state index in [-0.39, 0.29) is 19.4 Å². The van der Waals surface area contributed by atoms with Crippen LogP contribution >= 0.6 is 0 Å². The predicted molar refractivity (Wildman–Crippen MR) is 75.4 cm³/mol. The van der Waals surface area contributed by atoms with Crippen molar-refractivity contribution in [3.8, 4) is 0 Å². The Hall–Kier alpha value is -2.31. The molecule has 1 aliphatic heterocycles. The highest BCUT2D eigenvalue weighted by Gasteiger charge is 2.48. The van der Waals surface area contributed by atoms with Gasteiger partial charge in [-0.15, -0.1) is 0 Å². The van der Waals surface area contributed by atoms with E-state index in [4.69, 9.17) is 4.74 Å². The van der Waals surface area contributed by atoms with E-state index < -0.39 is 29.1 Å². The SMILES string of the molecule is O=C(O)[C@]1(C/C=C/c2ccc(C(F)(F)F)cc2)CCCOC1=O. The van der Waals surface area contributed by atoms with Crippen LogP contribution in [0.5, 0.6) is 0 Å². The van der Waals surface area contributed by atoms with E-state index in [9.17, 15) is 27.9 Å². The second kappa shape index (κ2) is 6.44. The molecule has 0 saturated carbocycles. The van der Waals surface area contributed by atoms with Crippen molar-refractivity contribution in [1.29, 1.82) is 0 Å². The van der Waals surface area contributed by atoms with Gasteiger partial charge in [0.15, 0.2) is 5.41 Å². The Bertz CT molecular complexity index is 619. The van der Waals surface area contributed by atoms with Crippen LogP contribution in [-0.4, -0.2) is 23.7 Å². The number of esters is 1. The Morgan fingerprint density at radius 1 is 1.30 bits per heavy atom. The number of aliphatic carboxylic acids is 1. The minimum absolute atomic E-state index is 0.0673. The molecule has 0 unspecified atom stereocenters. The Morgan fingerprint density at radius 2 is 1.96 bits per heavy atom. The van der Waals surface area contributed by atoms with Crippen molar-refractivity contribution in [2.24, 2.45) is 5.41 Å². The average Bonchev–Trinajstić information content (AvgIpc) is 2.48. The molecule has 1 aromatic rings. The van der Waals surface area contributed by atoms with E-state index in [1.165, 1.54) is 24.3 Å². The molecular formula is C16H15F3O4. The van der Waals surface area contributed by atoms with Gasteiger partial charge in [-0.1, -0.05) is 24.3 Å². The summed E-state index contributed by atoms with van der Waals surface area (Å²) in [5.74, 6) is -2.02. The summed E-state index contributed by atoms with van der Waals surface area (Å²) in [4.78, 5) is 23.2. The molecule has 0 radical (unpaired) electrons. The Kier molecular flexibility index (Phi) is 4.77. The van der Waals surface area contributed by atoms with Crippen molar-refractivity contribution in [3.05, 3.63) is 41.5 Å². The van der Waals surface area contributed by atoms with Crippen LogP contribution in [0.15, 0.2) is 30.3 Å². The highest BCUT2D eigenvalue weighted by molar-refractivity contribution is 5.99. The number of hydrogen-bond acceptors (Lipinski definition) is 3. The Balaban J connectivity index is 2.10. The van der Waals surface area contributed by atoms with Crippen LogP contribution in [0.3, 0.4) is 0 Å². The number of carboxylic acids is 1. The van der Waals surface area contributed by atoms with Crippen LogP contribution < -0.4 is 0 Å². The standard InChI is InChI=1S/C16H15F3O4/c17-16(18,19)12-6-4-11(5-7-12)3-1-8-15(13(20)21)9-2-10-23-14(15)22/h1,3-7H,2,8-10H2,(H,20,21)/b3-1+/t15-/m0/s1. The maximum absolute atomic E-state index is 12.5. The molecule has 1 heterocycles. The number of ether oxygens (including phenoxy) is 1. The monoisotopic (exact) mass is 328 g/mol. The van der Waals surface area contributed by atoms with Gasteiger partial charge < -0.3 is 9.84 Å². The van der Waals surface area contributed by atoms with Gasteiger partial charge in [0, 0.05) is 0 Å². The topological polar surface area (TPSA) is 63.6 Å². The lowest BCUT2D eigenvalue weighted by atomic mass is 9.78. The fourth-order valence-corrected chi connectivity index (χ4v) is 2.43. The molecule has 1 aromatic carbocycles. The van der Waals surface area contributed by atoms with Gasteiger partial charge in [0.1, 0.15) is 0 Å². The second-order valence-electron chi connectivity index (χ2n) is 5.35. The number of halogens is 3. The lowest BCUT2D eigenvalue weighted by molar-refractivity contribution is -0.174. The zero-order chi connectivity index (χ0) is 17.1. The third-order valence-corrected chi connectivity index (χ3v) is 3.80. The van der Waals surface area contributed by atoms with E-state index in [1.807, 2.05) is 0 Å². The molecule has 1 fully saturated rings. The summed E-state index contributed by atoms with van der Waals surface area (Å²) in [7, 11) is 0. The van der Waals surface area contributed by atoms with E-state index in [1.54, 1.807) is 0 Å². The quantitative estimate of drug-likeness (QED) is 0.678. The third kappa shape index (κ3) is 3.72. The van der Waals surface area contributed by atoms with Gasteiger partial charge in [-0.25, -0.2) is 0 Å². The van der Waals surface area contributed by atoms with Crippen LogP contribution in [0.2, 0.25) is 0 Å². The first-order valence-electron chi connectivity index (χ1n) is 7.00. The van der Waals surface area contributed by atoms with Crippen molar-refractivity contribution in [1.82, 2.24) is 0 Å². The molecule has 2 rings (SSSR count). The van der Waals surface area contributed by atoms with Crippen LogP contribution in [0, 0.1) is 5.41 Å². The molecule has 0 amide bonds. The number of alkyl halides is 3. The number of rotatable bonds is 4. The zero-order valence-corrected chi connectivity index (χ0v) is 12.1. The highest BCUT2D eigenvalue weighted by Crippen LogP contribution is 2.35. The number of carbonyl (C=O) groups is 2. The number of carboxylic acid groups (broad SMARTS) is 1. The molecule has 23 heavy (non-hydrogen) atoms.